The van der Waals surface area contributed by atoms with E-state index in [2.05, 4.69) is 26.0 Å². The molecule has 12 heavy (non-hydrogen) atoms. The molecule has 0 aromatic heterocycles. The smallest absolute Gasteiger partial charge is 0.0511 e. The van der Waals surface area contributed by atoms with Gasteiger partial charge < -0.3 is 0 Å². The van der Waals surface area contributed by atoms with E-state index >= 15 is 0 Å². The van der Waals surface area contributed by atoms with Crippen LogP contribution in [-0.4, -0.2) is 0 Å². The monoisotopic (exact) mass is 225 g/mol. The van der Waals surface area contributed by atoms with E-state index in [4.69, 9.17) is 5.53 Å². The van der Waals surface area contributed by atoms with Crippen LogP contribution in [0.1, 0.15) is 11.1 Å². The van der Waals surface area contributed by atoms with Crippen molar-refractivity contribution in [3.05, 3.63) is 44.2 Å². The summed E-state index contributed by atoms with van der Waals surface area (Å²) in [5, 5.41) is 3.47. The van der Waals surface area contributed by atoms with Crippen LogP contribution in [0.15, 0.2) is 27.8 Å². The number of aryl methyl sites for hydroxylation is 1. The van der Waals surface area contributed by atoms with Gasteiger partial charge in [0.15, 0.2) is 0 Å². The average molecular weight is 226 g/mol. The zero-order valence-electron chi connectivity index (χ0n) is 6.66. The first kappa shape index (κ1) is 9.10. The van der Waals surface area contributed by atoms with Crippen LogP contribution in [-0.2, 0) is 6.54 Å². The van der Waals surface area contributed by atoms with Gasteiger partial charge in [0.25, 0.3) is 0 Å². The zero-order valence-corrected chi connectivity index (χ0v) is 8.24. The summed E-state index contributed by atoms with van der Waals surface area (Å²) in [6.07, 6.45) is 0. The predicted molar refractivity (Wildman–Crippen MR) is 51.7 cm³/mol. The van der Waals surface area contributed by atoms with Crippen LogP contribution in [0.3, 0.4) is 0 Å². The lowest BCUT2D eigenvalue weighted by molar-refractivity contribution is 1.04. The summed E-state index contributed by atoms with van der Waals surface area (Å²) in [4.78, 5) is 2.69. The second-order valence-corrected chi connectivity index (χ2v) is 3.33. The molecule has 0 N–H and O–H groups in total. The first-order valence-electron chi connectivity index (χ1n) is 3.50. The minimum atomic E-state index is 0.412. The van der Waals surface area contributed by atoms with E-state index in [1.807, 2.05) is 25.1 Å². The Morgan fingerprint density at radius 1 is 1.58 bits per heavy atom. The van der Waals surface area contributed by atoms with Crippen LogP contribution >= 0.6 is 15.9 Å². The maximum absolute atomic E-state index is 8.10. The van der Waals surface area contributed by atoms with Crippen molar-refractivity contribution in [2.24, 2.45) is 5.11 Å². The second kappa shape index (κ2) is 4.14. The first-order valence-corrected chi connectivity index (χ1v) is 4.29. The van der Waals surface area contributed by atoms with E-state index in [0.717, 1.165) is 10.0 Å². The lowest BCUT2D eigenvalue weighted by Crippen LogP contribution is -1.82. The van der Waals surface area contributed by atoms with Crippen molar-refractivity contribution < 1.29 is 0 Å². The van der Waals surface area contributed by atoms with Crippen LogP contribution < -0.4 is 0 Å². The largest absolute Gasteiger partial charge is 0.0893 e. The molecule has 0 saturated carbocycles. The molecule has 0 heterocycles. The Kier molecular flexibility index (Phi) is 3.14. The molecule has 0 bridgehead atoms. The van der Waals surface area contributed by atoms with Gasteiger partial charge in [-0.3, -0.25) is 0 Å². The van der Waals surface area contributed by atoms with Crippen LogP contribution in [0.25, 0.3) is 10.4 Å². The summed E-state index contributed by atoms with van der Waals surface area (Å²) in [7, 11) is 0. The summed E-state index contributed by atoms with van der Waals surface area (Å²) < 4.78 is 1.05. The Morgan fingerprint density at radius 2 is 2.33 bits per heavy atom. The minimum Gasteiger partial charge on any atom is -0.0893 e. The molecule has 62 valence electrons. The molecular formula is C8H8BrN3. The highest BCUT2D eigenvalue weighted by molar-refractivity contribution is 9.10. The topological polar surface area (TPSA) is 48.8 Å². The van der Waals surface area contributed by atoms with Gasteiger partial charge >= 0.3 is 0 Å². The van der Waals surface area contributed by atoms with Crippen LogP contribution in [0.2, 0.25) is 0 Å². The Balaban J connectivity index is 2.89. The standard InChI is InChI=1S/C8H8BrN3/c1-6-2-3-7(4-8(6)9)5-11-12-10/h2-4H,5H2,1H3. The van der Waals surface area contributed by atoms with Crippen molar-refractivity contribution in [1.29, 1.82) is 0 Å². The fourth-order valence-electron chi connectivity index (χ4n) is 0.848. The summed E-state index contributed by atoms with van der Waals surface area (Å²) >= 11 is 3.40. The number of hydrogen-bond acceptors (Lipinski definition) is 1. The number of halogens is 1. The number of rotatable bonds is 2. The van der Waals surface area contributed by atoms with Crippen LogP contribution in [0.4, 0.5) is 0 Å². The van der Waals surface area contributed by atoms with Crippen molar-refractivity contribution in [3.63, 3.8) is 0 Å². The molecule has 0 aliphatic rings. The maximum Gasteiger partial charge on any atom is 0.0511 e. The van der Waals surface area contributed by atoms with Gasteiger partial charge in [0.05, 0.1) is 6.54 Å². The fraction of sp³-hybridized carbons (Fsp3) is 0.250. The Morgan fingerprint density at radius 3 is 2.92 bits per heavy atom. The van der Waals surface area contributed by atoms with Gasteiger partial charge in [0.1, 0.15) is 0 Å². The van der Waals surface area contributed by atoms with Crippen molar-refractivity contribution in [2.75, 3.05) is 0 Å². The van der Waals surface area contributed by atoms with Gasteiger partial charge in [-0.15, -0.1) is 0 Å². The van der Waals surface area contributed by atoms with Crippen molar-refractivity contribution in [1.82, 2.24) is 0 Å². The second-order valence-electron chi connectivity index (χ2n) is 2.47. The third-order valence-electron chi connectivity index (χ3n) is 1.55. The molecule has 0 aliphatic carbocycles. The summed E-state index contributed by atoms with van der Waals surface area (Å²) in [6, 6.07) is 5.91. The number of nitrogens with zero attached hydrogens (tertiary/aromatic N) is 3. The van der Waals surface area contributed by atoms with Gasteiger partial charge in [0.2, 0.25) is 0 Å². The first-order chi connectivity index (χ1) is 5.74. The molecule has 0 aliphatic heterocycles. The summed E-state index contributed by atoms with van der Waals surface area (Å²) in [6.45, 7) is 2.43. The molecule has 1 aromatic rings. The molecule has 0 unspecified atom stereocenters. The Hall–Kier alpha value is -0.990. The van der Waals surface area contributed by atoms with E-state index in [-0.39, 0.29) is 0 Å². The van der Waals surface area contributed by atoms with Crippen molar-refractivity contribution >= 4 is 15.9 Å². The van der Waals surface area contributed by atoms with E-state index < -0.39 is 0 Å². The van der Waals surface area contributed by atoms with Gasteiger partial charge in [-0.1, -0.05) is 33.2 Å². The Bertz CT molecular complexity index is 329. The molecule has 3 nitrogen and oxygen atoms in total. The van der Waals surface area contributed by atoms with Crippen molar-refractivity contribution in [3.8, 4) is 0 Å². The van der Waals surface area contributed by atoms with E-state index in [1.54, 1.807) is 0 Å². The zero-order chi connectivity index (χ0) is 8.97. The minimum absolute atomic E-state index is 0.412. The molecule has 0 saturated heterocycles. The normalized spacial score (nSPS) is 9.17. The van der Waals surface area contributed by atoms with Gasteiger partial charge in [-0.2, -0.15) is 0 Å². The third-order valence-corrected chi connectivity index (χ3v) is 2.41. The Labute approximate surface area is 79.2 Å². The number of hydrogen-bond donors (Lipinski definition) is 0. The molecule has 0 radical (unpaired) electrons. The number of azide groups is 1. The summed E-state index contributed by atoms with van der Waals surface area (Å²) in [5.41, 5.74) is 10.3. The molecule has 0 spiro atoms. The molecule has 4 heteroatoms. The molecule has 0 fully saturated rings. The number of benzene rings is 1. The van der Waals surface area contributed by atoms with Gasteiger partial charge in [0, 0.05) is 9.38 Å². The molecular weight excluding hydrogens is 218 g/mol. The summed E-state index contributed by atoms with van der Waals surface area (Å²) in [5.74, 6) is 0. The van der Waals surface area contributed by atoms with Crippen molar-refractivity contribution in [2.45, 2.75) is 13.5 Å². The predicted octanol–water partition coefficient (Wildman–Crippen LogP) is 3.57. The highest BCUT2D eigenvalue weighted by Gasteiger charge is 1.95. The van der Waals surface area contributed by atoms with Gasteiger partial charge in [-0.05, 0) is 29.6 Å². The lowest BCUT2D eigenvalue weighted by atomic mass is 10.1. The molecule has 0 atom stereocenters. The SMILES string of the molecule is Cc1ccc(CN=[N+]=[N-])cc1Br. The van der Waals surface area contributed by atoms with E-state index in [1.165, 1.54) is 5.56 Å². The highest BCUT2D eigenvalue weighted by atomic mass is 79.9. The average Bonchev–Trinajstić information content (AvgIpc) is 2.07. The molecule has 1 aromatic carbocycles. The highest BCUT2D eigenvalue weighted by Crippen LogP contribution is 2.17. The lowest BCUT2D eigenvalue weighted by Gasteiger charge is -1.99. The molecule has 1 rings (SSSR count). The quantitative estimate of drug-likeness (QED) is 0.420. The fourth-order valence-corrected chi connectivity index (χ4v) is 1.27. The third kappa shape index (κ3) is 2.26. The maximum atomic E-state index is 8.10. The van der Waals surface area contributed by atoms with Crippen LogP contribution in [0.5, 0.6) is 0 Å². The molecule has 0 amide bonds. The van der Waals surface area contributed by atoms with Gasteiger partial charge in [-0.25, -0.2) is 0 Å². The van der Waals surface area contributed by atoms with E-state index in [9.17, 15) is 0 Å². The van der Waals surface area contributed by atoms with E-state index in [0.29, 0.717) is 6.54 Å². The van der Waals surface area contributed by atoms with Crippen LogP contribution in [0, 0.1) is 6.92 Å².